The van der Waals surface area contributed by atoms with Crippen molar-refractivity contribution in [2.75, 3.05) is 20.8 Å². The van der Waals surface area contributed by atoms with Crippen LogP contribution in [0.4, 0.5) is 0 Å². The SMILES string of the molecule is COc1ccc(CCNC(=O)C(C#N)=C(SCc2ccccc2)SCc2ccccc2)cc1OC. The Labute approximate surface area is 215 Å². The Morgan fingerprint density at radius 2 is 1.40 bits per heavy atom. The second-order valence-corrected chi connectivity index (χ2v) is 9.75. The number of benzene rings is 3. The minimum absolute atomic E-state index is 0.152. The van der Waals surface area contributed by atoms with Crippen molar-refractivity contribution in [2.24, 2.45) is 0 Å². The van der Waals surface area contributed by atoms with Gasteiger partial charge in [0, 0.05) is 18.1 Å². The van der Waals surface area contributed by atoms with Crippen LogP contribution >= 0.6 is 23.5 Å². The highest BCUT2D eigenvalue weighted by Crippen LogP contribution is 2.36. The standard InChI is InChI=1S/C28H28N2O3S2/c1-32-25-14-13-21(17-26(25)33-2)15-16-30-27(31)24(18-29)28(34-19-22-9-5-3-6-10-22)35-20-23-11-7-4-8-12-23/h3-14,17H,15-16,19-20H2,1-2H3,(H,30,31). The molecule has 7 heteroatoms. The molecule has 0 aliphatic heterocycles. The summed E-state index contributed by atoms with van der Waals surface area (Å²) in [5, 5.41) is 12.8. The minimum Gasteiger partial charge on any atom is -0.493 e. The Balaban J connectivity index is 1.69. The van der Waals surface area contributed by atoms with Crippen molar-refractivity contribution in [1.29, 1.82) is 5.26 Å². The van der Waals surface area contributed by atoms with E-state index in [1.165, 1.54) is 23.5 Å². The maximum absolute atomic E-state index is 13.0. The summed E-state index contributed by atoms with van der Waals surface area (Å²) in [4.78, 5) is 13.0. The van der Waals surface area contributed by atoms with Crippen molar-refractivity contribution in [3.05, 3.63) is 105 Å². The summed E-state index contributed by atoms with van der Waals surface area (Å²) in [6.45, 7) is 0.402. The van der Waals surface area contributed by atoms with Gasteiger partial charge >= 0.3 is 0 Å². The maximum Gasteiger partial charge on any atom is 0.263 e. The molecule has 1 N–H and O–H groups in total. The number of amides is 1. The fraction of sp³-hybridized carbons (Fsp3) is 0.214. The van der Waals surface area contributed by atoms with Gasteiger partial charge in [0.15, 0.2) is 11.5 Å². The van der Waals surface area contributed by atoms with E-state index in [2.05, 4.69) is 11.4 Å². The van der Waals surface area contributed by atoms with E-state index in [1.807, 2.05) is 78.9 Å². The fourth-order valence-corrected chi connectivity index (χ4v) is 5.50. The van der Waals surface area contributed by atoms with E-state index in [0.29, 0.717) is 36.0 Å². The van der Waals surface area contributed by atoms with E-state index in [0.717, 1.165) is 20.9 Å². The minimum atomic E-state index is -0.357. The zero-order chi connectivity index (χ0) is 24.9. The van der Waals surface area contributed by atoms with Crippen LogP contribution in [0.1, 0.15) is 16.7 Å². The molecule has 0 spiro atoms. The monoisotopic (exact) mass is 504 g/mol. The Hall–Kier alpha value is -3.34. The second kappa shape index (κ2) is 14.1. The van der Waals surface area contributed by atoms with E-state index in [1.54, 1.807) is 14.2 Å². The van der Waals surface area contributed by atoms with Crippen molar-refractivity contribution in [1.82, 2.24) is 5.32 Å². The molecule has 0 bridgehead atoms. The van der Waals surface area contributed by atoms with Crippen molar-refractivity contribution in [2.45, 2.75) is 17.9 Å². The maximum atomic E-state index is 13.0. The topological polar surface area (TPSA) is 71.3 Å². The van der Waals surface area contributed by atoms with Crippen molar-refractivity contribution < 1.29 is 14.3 Å². The first-order valence-electron chi connectivity index (χ1n) is 11.1. The Bertz CT molecular complexity index is 1130. The number of nitrogens with one attached hydrogen (secondary N) is 1. The molecular formula is C28H28N2O3S2. The summed E-state index contributed by atoms with van der Waals surface area (Å²) in [7, 11) is 3.19. The van der Waals surface area contributed by atoms with Crippen LogP contribution in [-0.4, -0.2) is 26.7 Å². The normalized spacial score (nSPS) is 10.2. The largest absolute Gasteiger partial charge is 0.493 e. The number of nitrogens with zero attached hydrogens (tertiary/aromatic N) is 1. The molecule has 0 fully saturated rings. The number of thioether (sulfide) groups is 2. The molecule has 0 aliphatic carbocycles. The quantitative estimate of drug-likeness (QED) is 0.242. The van der Waals surface area contributed by atoms with Gasteiger partial charge in [0.2, 0.25) is 0 Å². The molecule has 0 radical (unpaired) electrons. The van der Waals surface area contributed by atoms with Crippen LogP contribution in [0.25, 0.3) is 0 Å². The third kappa shape index (κ3) is 8.13. The first-order chi connectivity index (χ1) is 17.1. The number of carbonyl (C=O) groups is 1. The summed E-state index contributed by atoms with van der Waals surface area (Å²) in [5.41, 5.74) is 3.43. The molecular weight excluding hydrogens is 476 g/mol. The molecule has 3 rings (SSSR count). The average Bonchev–Trinajstić information content (AvgIpc) is 2.91. The molecule has 1 amide bonds. The van der Waals surface area contributed by atoms with Gasteiger partial charge in [-0.15, -0.1) is 23.5 Å². The predicted molar refractivity (Wildman–Crippen MR) is 144 cm³/mol. The molecule has 0 aliphatic rings. The number of hydrogen-bond acceptors (Lipinski definition) is 6. The average molecular weight is 505 g/mol. The number of ether oxygens (including phenoxy) is 2. The number of methoxy groups -OCH3 is 2. The lowest BCUT2D eigenvalue weighted by atomic mass is 10.1. The van der Waals surface area contributed by atoms with Crippen LogP contribution in [0.3, 0.4) is 0 Å². The van der Waals surface area contributed by atoms with Gasteiger partial charge in [-0.3, -0.25) is 4.79 Å². The molecule has 0 saturated heterocycles. The van der Waals surface area contributed by atoms with Crippen LogP contribution < -0.4 is 14.8 Å². The van der Waals surface area contributed by atoms with Gasteiger partial charge in [0.1, 0.15) is 11.6 Å². The van der Waals surface area contributed by atoms with E-state index < -0.39 is 0 Å². The van der Waals surface area contributed by atoms with Gasteiger partial charge in [-0.1, -0.05) is 66.7 Å². The van der Waals surface area contributed by atoms with Gasteiger partial charge < -0.3 is 14.8 Å². The summed E-state index contributed by atoms with van der Waals surface area (Å²) < 4.78 is 11.4. The van der Waals surface area contributed by atoms with Crippen LogP contribution in [0.15, 0.2) is 88.7 Å². The van der Waals surface area contributed by atoms with E-state index >= 15 is 0 Å². The van der Waals surface area contributed by atoms with E-state index in [-0.39, 0.29) is 11.5 Å². The first kappa shape index (κ1) is 26.3. The van der Waals surface area contributed by atoms with Crippen molar-refractivity contribution in [3.63, 3.8) is 0 Å². The smallest absolute Gasteiger partial charge is 0.263 e. The van der Waals surface area contributed by atoms with Crippen molar-refractivity contribution in [3.8, 4) is 17.6 Å². The van der Waals surface area contributed by atoms with Gasteiger partial charge in [0.05, 0.1) is 18.5 Å². The molecule has 0 unspecified atom stereocenters. The third-order valence-electron chi connectivity index (χ3n) is 5.12. The Morgan fingerprint density at radius 3 is 1.91 bits per heavy atom. The Kier molecular flexibility index (Phi) is 10.6. The molecule has 0 heterocycles. The Morgan fingerprint density at radius 1 is 0.829 bits per heavy atom. The van der Waals surface area contributed by atoms with Gasteiger partial charge in [-0.2, -0.15) is 5.26 Å². The highest BCUT2D eigenvalue weighted by Gasteiger charge is 2.17. The summed E-state index contributed by atoms with van der Waals surface area (Å²) in [6.07, 6.45) is 0.606. The number of carbonyl (C=O) groups excluding carboxylic acids is 1. The van der Waals surface area contributed by atoms with Crippen molar-refractivity contribution >= 4 is 29.4 Å². The van der Waals surface area contributed by atoms with Crippen LogP contribution in [-0.2, 0) is 22.7 Å². The summed E-state index contributed by atoms with van der Waals surface area (Å²) >= 11 is 3.05. The zero-order valence-electron chi connectivity index (χ0n) is 19.8. The number of hydrogen-bond donors (Lipinski definition) is 1. The van der Waals surface area contributed by atoms with Crippen LogP contribution in [0, 0.1) is 11.3 Å². The fourth-order valence-electron chi connectivity index (χ4n) is 3.27. The van der Waals surface area contributed by atoms with Crippen LogP contribution in [0.2, 0.25) is 0 Å². The molecule has 3 aromatic rings. The molecule has 180 valence electrons. The molecule has 3 aromatic carbocycles. The number of nitriles is 1. The summed E-state index contributed by atoms with van der Waals surface area (Å²) in [5.74, 6) is 2.31. The molecule has 0 saturated carbocycles. The lowest BCUT2D eigenvalue weighted by Crippen LogP contribution is -2.27. The first-order valence-corrected chi connectivity index (χ1v) is 13.1. The van der Waals surface area contributed by atoms with Gasteiger partial charge in [-0.25, -0.2) is 0 Å². The predicted octanol–water partition coefficient (Wildman–Crippen LogP) is 5.96. The lowest BCUT2D eigenvalue weighted by Gasteiger charge is -2.12. The third-order valence-corrected chi connectivity index (χ3v) is 7.71. The van der Waals surface area contributed by atoms with Crippen LogP contribution in [0.5, 0.6) is 11.5 Å². The van der Waals surface area contributed by atoms with Gasteiger partial charge in [-0.05, 0) is 35.2 Å². The highest BCUT2D eigenvalue weighted by molar-refractivity contribution is 8.21. The highest BCUT2D eigenvalue weighted by atomic mass is 32.2. The second-order valence-electron chi connectivity index (χ2n) is 7.52. The molecule has 5 nitrogen and oxygen atoms in total. The van der Waals surface area contributed by atoms with Gasteiger partial charge in [0.25, 0.3) is 5.91 Å². The van der Waals surface area contributed by atoms with E-state index in [9.17, 15) is 10.1 Å². The summed E-state index contributed by atoms with van der Waals surface area (Å²) in [6, 6.07) is 27.9. The molecule has 35 heavy (non-hydrogen) atoms. The zero-order valence-corrected chi connectivity index (χ0v) is 21.5. The molecule has 0 aromatic heterocycles. The number of rotatable bonds is 12. The van der Waals surface area contributed by atoms with E-state index in [4.69, 9.17) is 9.47 Å². The molecule has 0 atom stereocenters. The lowest BCUT2D eigenvalue weighted by molar-refractivity contribution is -0.117.